The van der Waals surface area contributed by atoms with E-state index in [1.165, 1.54) is 0 Å². The SMILES string of the molecule is Oc1c(O)c(O)c2c(c1O)c(O)c1c3c(c(O)c(O)c(O)c32)-c2ccc3ccccc3c2N1c1cccc(-c2ccc(-c3cccc4c3oc3ccccc34)cc2)c1. The molecule has 0 amide bonds. The van der Waals surface area contributed by atoms with Crippen LogP contribution in [0.1, 0.15) is 0 Å². The van der Waals surface area contributed by atoms with E-state index in [1.807, 2.05) is 121 Å². The number of phenolic OH excluding ortho intramolecular Hbond substituents is 8. The van der Waals surface area contributed by atoms with E-state index in [4.69, 9.17) is 4.42 Å². The predicted molar refractivity (Wildman–Crippen MR) is 224 cm³/mol. The Morgan fingerprint density at radius 2 is 1.00 bits per heavy atom. The van der Waals surface area contributed by atoms with Gasteiger partial charge in [-0.05, 0) is 40.3 Å². The number of hydrogen-bond donors (Lipinski definition) is 8. The van der Waals surface area contributed by atoms with Crippen molar-refractivity contribution in [1.29, 1.82) is 0 Å². The van der Waals surface area contributed by atoms with Crippen LogP contribution in [0.3, 0.4) is 0 Å². The van der Waals surface area contributed by atoms with Gasteiger partial charge in [0.2, 0.25) is 17.2 Å². The van der Waals surface area contributed by atoms with E-state index >= 15 is 0 Å². The van der Waals surface area contributed by atoms with Gasteiger partial charge in [0.05, 0.1) is 16.8 Å². The van der Waals surface area contributed by atoms with Crippen LogP contribution in [-0.4, -0.2) is 40.9 Å². The Hall–Kier alpha value is -8.24. The van der Waals surface area contributed by atoms with Crippen molar-refractivity contribution in [2.24, 2.45) is 0 Å². The zero-order chi connectivity index (χ0) is 39.7. The molecule has 0 saturated carbocycles. The second-order valence-corrected chi connectivity index (χ2v) is 14.4. The number of aromatic hydroxyl groups is 8. The van der Waals surface area contributed by atoms with E-state index in [-0.39, 0.29) is 22.0 Å². The highest BCUT2D eigenvalue weighted by molar-refractivity contribution is 6.32. The zero-order valence-electron chi connectivity index (χ0n) is 30.1. The Balaban J connectivity index is 1.17. The van der Waals surface area contributed by atoms with E-state index in [0.29, 0.717) is 22.3 Å². The van der Waals surface area contributed by atoms with Gasteiger partial charge in [-0.1, -0.05) is 109 Å². The summed E-state index contributed by atoms with van der Waals surface area (Å²) in [4.78, 5) is 1.72. The number of rotatable bonds is 3. The lowest BCUT2D eigenvalue weighted by Crippen LogP contribution is -2.16. The first-order valence-electron chi connectivity index (χ1n) is 18.3. The van der Waals surface area contributed by atoms with Gasteiger partial charge in [-0.3, -0.25) is 0 Å². The molecule has 8 N–H and O–H groups in total. The molecule has 0 bridgehead atoms. The van der Waals surface area contributed by atoms with Gasteiger partial charge in [0.15, 0.2) is 28.7 Å². The monoisotopic (exact) mass is 763 g/mol. The first-order chi connectivity index (χ1) is 28.1. The molecule has 280 valence electrons. The van der Waals surface area contributed by atoms with Crippen molar-refractivity contribution in [3.8, 4) is 79.4 Å². The maximum Gasteiger partial charge on any atom is 0.205 e. The molecule has 0 atom stereocenters. The number of benzene rings is 9. The minimum atomic E-state index is -1.11. The van der Waals surface area contributed by atoms with Crippen LogP contribution in [0.2, 0.25) is 0 Å². The maximum atomic E-state index is 12.3. The van der Waals surface area contributed by atoms with Crippen molar-refractivity contribution in [1.82, 2.24) is 0 Å². The molecule has 0 spiro atoms. The fraction of sp³-hybridized carbons (Fsp3) is 0. The molecule has 0 fully saturated rings. The van der Waals surface area contributed by atoms with Crippen LogP contribution >= 0.6 is 0 Å². The molecule has 1 aliphatic rings. The second kappa shape index (κ2) is 11.6. The first kappa shape index (κ1) is 33.1. The van der Waals surface area contributed by atoms with Crippen LogP contribution in [0.25, 0.3) is 87.6 Å². The van der Waals surface area contributed by atoms with Gasteiger partial charge in [0.1, 0.15) is 11.2 Å². The van der Waals surface area contributed by atoms with Gasteiger partial charge in [-0.15, -0.1) is 0 Å². The molecule has 10 aromatic rings. The Kier molecular flexibility index (Phi) is 6.65. The summed E-state index contributed by atoms with van der Waals surface area (Å²) in [6.45, 7) is 0. The number of furan rings is 1. The van der Waals surface area contributed by atoms with Crippen molar-refractivity contribution >= 4 is 71.3 Å². The Labute approximate surface area is 327 Å². The molecule has 2 heterocycles. The lowest BCUT2D eigenvalue weighted by molar-refractivity contribution is 0.350. The molecule has 0 radical (unpaired) electrons. The topological polar surface area (TPSA) is 178 Å². The van der Waals surface area contributed by atoms with Gasteiger partial charge >= 0.3 is 0 Å². The third-order valence-electron chi connectivity index (χ3n) is 11.4. The number of anilines is 3. The average Bonchev–Trinajstić information content (AvgIpc) is 3.64. The van der Waals surface area contributed by atoms with E-state index in [0.717, 1.165) is 49.6 Å². The van der Waals surface area contributed by atoms with Gasteiger partial charge < -0.3 is 50.2 Å². The van der Waals surface area contributed by atoms with Crippen LogP contribution in [0.15, 0.2) is 132 Å². The van der Waals surface area contributed by atoms with Gasteiger partial charge in [-0.25, -0.2) is 0 Å². The molecule has 11 rings (SSSR count). The molecule has 1 aliphatic heterocycles. The van der Waals surface area contributed by atoms with E-state index in [1.54, 1.807) is 11.0 Å². The Morgan fingerprint density at radius 3 is 1.78 bits per heavy atom. The number of hydrogen-bond acceptors (Lipinski definition) is 10. The predicted octanol–water partition coefficient (Wildman–Crippen LogP) is 11.5. The minimum absolute atomic E-state index is 0.00473. The summed E-state index contributed by atoms with van der Waals surface area (Å²) >= 11 is 0. The van der Waals surface area contributed by atoms with Crippen molar-refractivity contribution in [3.05, 3.63) is 127 Å². The largest absolute Gasteiger partial charge is 0.505 e. The molecule has 0 aliphatic carbocycles. The van der Waals surface area contributed by atoms with Crippen LogP contribution in [0, 0.1) is 0 Å². The summed E-state index contributed by atoms with van der Waals surface area (Å²) < 4.78 is 6.30. The normalized spacial score (nSPS) is 12.3. The van der Waals surface area contributed by atoms with Crippen molar-refractivity contribution in [2.45, 2.75) is 0 Å². The van der Waals surface area contributed by atoms with Gasteiger partial charge in [0.25, 0.3) is 0 Å². The summed E-state index contributed by atoms with van der Waals surface area (Å²) in [5.41, 5.74) is 6.58. The van der Waals surface area contributed by atoms with Crippen molar-refractivity contribution in [2.75, 3.05) is 4.90 Å². The zero-order valence-corrected chi connectivity index (χ0v) is 30.1. The molecule has 10 heteroatoms. The maximum absolute atomic E-state index is 12.3. The molecular formula is C48H29NO9. The summed E-state index contributed by atoms with van der Waals surface area (Å²) in [5, 5.41) is 92.6. The lowest BCUT2D eigenvalue weighted by Gasteiger charge is -2.36. The quantitative estimate of drug-likeness (QED) is 0.0490. The minimum Gasteiger partial charge on any atom is -0.505 e. The highest BCUT2D eigenvalue weighted by Crippen LogP contribution is 2.66. The Morgan fingerprint density at radius 1 is 0.379 bits per heavy atom. The number of para-hydroxylation sites is 2. The summed E-state index contributed by atoms with van der Waals surface area (Å²) in [6, 6.07) is 40.7. The van der Waals surface area contributed by atoms with Crippen LogP contribution in [-0.2, 0) is 0 Å². The number of nitrogens with zero attached hydrogens (tertiary/aromatic N) is 1. The standard InChI is InChI=1S/C48H29NO9/c50-40-37-36(43(53)46(56)47(57)44(37)54)35-34-33(41(51)45(55)42(35)52)31-20-19-23-7-1-2-10-27(23)38(31)49(39(34)40)26-9-5-8-25(21-26)22-15-17-24(18-16-22)28-12-6-13-30-29-11-3-4-14-32(29)58-48(28)30/h1-21,50-57H. The fourth-order valence-electron chi connectivity index (χ4n) is 8.79. The van der Waals surface area contributed by atoms with E-state index in [2.05, 4.69) is 0 Å². The first-order valence-corrected chi connectivity index (χ1v) is 18.3. The highest BCUT2D eigenvalue weighted by Gasteiger charge is 2.38. The number of fused-ring (bicyclic) bond motifs is 9. The Bertz CT molecular complexity index is 3440. The van der Waals surface area contributed by atoms with Crippen LogP contribution < -0.4 is 4.90 Å². The molecular weight excluding hydrogens is 735 g/mol. The number of phenols is 8. The summed E-state index contributed by atoms with van der Waals surface area (Å²) in [6.07, 6.45) is 0. The van der Waals surface area contributed by atoms with Crippen molar-refractivity contribution in [3.63, 3.8) is 0 Å². The smallest absolute Gasteiger partial charge is 0.205 e. The fourth-order valence-corrected chi connectivity index (χ4v) is 8.79. The van der Waals surface area contributed by atoms with Gasteiger partial charge in [0, 0.05) is 54.7 Å². The molecule has 0 saturated heterocycles. The lowest BCUT2D eigenvalue weighted by atomic mass is 9.84. The highest BCUT2D eigenvalue weighted by atomic mass is 16.3. The molecule has 1 aromatic heterocycles. The molecule has 58 heavy (non-hydrogen) atoms. The van der Waals surface area contributed by atoms with Crippen molar-refractivity contribution < 1.29 is 45.3 Å². The molecule has 0 unspecified atom stereocenters. The van der Waals surface area contributed by atoms with Crippen LogP contribution in [0.5, 0.6) is 46.0 Å². The summed E-state index contributed by atoms with van der Waals surface area (Å²) in [7, 11) is 0. The third-order valence-corrected chi connectivity index (χ3v) is 11.4. The van der Waals surface area contributed by atoms with E-state index < -0.39 is 56.8 Å². The van der Waals surface area contributed by atoms with Crippen LogP contribution in [0.4, 0.5) is 17.1 Å². The average molecular weight is 764 g/mol. The third kappa shape index (κ3) is 4.25. The molecule has 9 aromatic carbocycles. The van der Waals surface area contributed by atoms with E-state index in [9.17, 15) is 40.9 Å². The molecule has 10 nitrogen and oxygen atoms in total. The van der Waals surface area contributed by atoms with Gasteiger partial charge in [-0.2, -0.15) is 0 Å². The summed E-state index contributed by atoms with van der Waals surface area (Å²) in [5.74, 6) is -7.34. The second-order valence-electron chi connectivity index (χ2n) is 14.4.